The van der Waals surface area contributed by atoms with E-state index in [0.717, 1.165) is 6.04 Å². The van der Waals surface area contributed by atoms with Gasteiger partial charge in [0.15, 0.2) is 0 Å². The summed E-state index contributed by atoms with van der Waals surface area (Å²) in [7, 11) is 0. The molecule has 3 heteroatoms. The Morgan fingerprint density at radius 3 is 2.64 bits per heavy atom. The van der Waals surface area contributed by atoms with E-state index in [1.165, 1.54) is 58.7 Å². The van der Waals surface area contributed by atoms with Gasteiger partial charge < -0.3 is 10.2 Å². The van der Waals surface area contributed by atoms with Crippen molar-refractivity contribution >= 4 is 0 Å². The zero-order valence-electron chi connectivity index (χ0n) is 9.34. The normalized spacial score (nSPS) is 27.2. The third-order valence-corrected chi connectivity index (χ3v) is 3.44. The van der Waals surface area contributed by atoms with Gasteiger partial charge >= 0.3 is 0 Å². The Bertz CT molecular complexity index is 168. The van der Waals surface area contributed by atoms with Gasteiger partial charge in [0, 0.05) is 32.2 Å². The van der Waals surface area contributed by atoms with Crippen LogP contribution in [0.25, 0.3) is 0 Å². The number of hydrogen-bond donors (Lipinski definition) is 1. The Kier molecular flexibility index (Phi) is 3.79. The molecule has 0 amide bonds. The second-order valence-corrected chi connectivity index (χ2v) is 4.54. The lowest BCUT2D eigenvalue weighted by molar-refractivity contribution is 0.149. The van der Waals surface area contributed by atoms with Gasteiger partial charge in [-0.25, -0.2) is 0 Å². The van der Waals surface area contributed by atoms with Crippen molar-refractivity contribution in [2.45, 2.75) is 25.8 Å². The fraction of sp³-hybridized carbons (Fsp3) is 1.00. The summed E-state index contributed by atoms with van der Waals surface area (Å²) in [6.07, 6.45) is 2.65. The molecule has 2 saturated heterocycles. The van der Waals surface area contributed by atoms with E-state index in [1.807, 2.05) is 0 Å². The Balaban J connectivity index is 1.75. The minimum Gasteiger partial charge on any atom is -0.314 e. The smallest absolute Gasteiger partial charge is 0.0345 e. The van der Waals surface area contributed by atoms with E-state index in [9.17, 15) is 0 Å². The van der Waals surface area contributed by atoms with Crippen molar-refractivity contribution in [2.24, 2.45) is 0 Å². The third kappa shape index (κ3) is 2.47. The molecule has 3 nitrogen and oxygen atoms in total. The Labute approximate surface area is 87.4 Å². The molecule has 0 aromatic heterocycles. The lowest BCUT2D eigenvalue weighted by Crippen LogP contribution is -2.57. The summed E-state index contributed by atoms with van der Waals surface area (Å²) in [6.45, 7) is 11.2. The molecule has 0 saturated carbocycles. The van der Waals surface area contributed by atoms with Crippen LogP contribution in [0.3, 0.4) is 0 Å². The fourth-order valence-corrected chi connectivity index (χ4v) is 2.43. The summed E-state index contributed by atoms with van der Waals surface area (Å²) >= 11 is 0. The molecule has 1 N–H and O–H groups in total. The molecule has 14 heavy (non-hydrogen) atoms. The maximum Gasteiger partial charge on any atom is 0.0345 e. The molecule has 0 radical (unpaired) electrons. The van der Waals surface area contributed by atoms with E-state index in [-0.39, 0.29) is 0 Å². The van der Waals surface area contributed by atoms with Crippen molar-refractivity contribution in [3.8, 4) is 0 Å². The molecule has 0 bridgehead atoms. The summed E-state index contributed by atoms with van der Waals surface area (Å²) < 4.78 is 0. The molecule has 2 fully saturated rings. The van der Waals surface area contributed by atoms with Gasteiger partial charge in [0.2, 0.25) is 0 Å². The maximum absolute atomic E-state index is 3.36. The Morgan fingerprint density at radius 1 is 1.14 bits per heavy atom. The summed E-state index contributed by atoms with van der Waals surface area (Å²) in [5.74, 6) is 0. The molecule has 0 aliphatic carbocycles. The largest absolute Gasteiger partial charge is 0.314 e. The number of hydrogen-bond acceptors (Lipinski definition) is 3. The van der Waals surface area contributed by atoms with Gasteiger partial charge in [0.25, 0.3) is 0 Å². The quantitative estimate of drug-likeness (QED) is 0.705. The molecule has 2 rings (SSSR count). The van der Waals surface area contributed by atoms with Crippen LogP contribution in [0.4, 0.5) is 0 Å². The van der Waals surface area contributed by atoms with Crippen LogP contribution in [-0.4, -0.2) is 61.7 Å². The summed E-state index contributed by atoms with van der Waals surface area (Å²) in [4.78, 5) is 5.29. The first-order chi connectivity index (χ1) is 6.90. The highest BCUT2D eigenvalue weighted by molar-refractivity contribution is 4.86. The van der Waals surface area contributed by atoms with E-state index >= 15 is 0 Å². The van der Waals surface area contributed by atoms with Crippen LogP contribution in [0.5, 0.6) is 0 Å². The number of nitrogens with one attached hydrogen (secondary N) is 1. The van der Waals surface area contributed by atoms with Crippen LogP contribution in [0.15, 0.2) is 0 Å². The number of nitrogens with zero attached hydrogens (tertiary/aromatic N) is 2. The SMILES string of the molecule is CCCN1CCCN(C2CNC2)CC1. The van der Waals surface area contributed by atoms with E-state index in [4.69, 9.17) is 0 Å². The van der Waals surface area contributed by atoms with Gasteiger partial charge in [-0.1, -0.05) is 6.92 Å². The lowest BCUT2D eigenvalue weighted by atomic mass is 10.1. The van der Waals surface area contributed by atoms with Gasteiger partial charge in [-0.2, -0.15) is 0 Å². The molecule has 2 aliphatic heterocycles. The monoisotopic (exact) mass is 197 g/mol. The van der Waals surface area contributed by atoms with E-state index in [0.29, 0.717) is 0 Å². The molecule has 0 unspecified atom stereocenters. The first-order valence-corrected chi connectivity index (χ1v) is 6.07. The molecule has 0 atom stereocenters. The molecule has 2 heterocycles. The summed E-state index contributed by atoms with van der Waals surface area (Å²) in [5.41, 5.74) is 0. The molecule has 2 aliphatic rings. The van der Waals surface area contributed by atoms with Crippen molar-refractivity contribution in [1.29, 1.82) is 0 Å². The van der Waals surface area contributed by atoms with Gasteiger partial charge in [0.05, 0.1) is 0 Å². The van der Waals surface area contributed by atoms with Crippen LogP contribution in [0.2, 0.25) is 0 Å². The Hall–Kier alpha value is -0.120. The number of rotatable bonds is 3. The predicted molar refractivity (Wildman–Crippen MR) is 59.6 cm³/mol. The van der Waals surface area contributed by atoms with Crippen molar-refractivity contribution in [2.75, 3.05) is 45.8 Å². The Morgan fingerprint density at radius 2 is 2.00 bits per heavy atom. The summed E-state index contributed by atoms with van der Waals surface area (Å²) in [6, 6.07) is 0.844. The highest BCUT2D eigenvalue weighted by Crippen LogP contribution is 2.10. The van der Waals surface area contributed by atoms with Crippen LogP contribution >= 0.6 is 0 Å². The minimum atomic E-state index is 0.844. The zero-order valence-corrected chi connectivity index (χ0v) is 9.34. The molecule has 82 valence electrons. The summed E-state index contributed by atoms with van der Waals surface area (Å²) in [5, 5.41) is 3.36. The van der Waals surface area contributed by atoms with Crippen LogP contribution in [-0.2, 0) is 0 Å². The second kappa shape index (κ2) is 5.10. The first-order valence-electron chi connectivity index (χ1n) is 6.07. The van der Waals surface area contributed by atoms with E-state index in [1.54, 1.807) is 0 Å². The van der Waals surface area contributed by atoms with Crippen molar-refractivity contribution in [3.05, 3.63) is 0 Å². The van der Waals surface area contributed by atoms with Gasteiger partial charge in [-0.15, -0.1) is 0 Å². The molecule has 0 spiro atoms. The predicted octanol–water partition coefficient (Wildman–Crippen LogP) is 0.376. The van der Waals surface area contributed by atoms with Gasteiger partial charge in [-0.3, -0.25) is 4.90 Å². The van der Waals surface area contributed by atoms with E-state index in [2.05, 4.69) is 22.0 Å². The average molecular weight is 197 g/mol. The van der Waals surface area contributed by atoms with E-state index < -0.39 is 0 Å². The topological polar surface area (TPSA) is 18.5 Å². The molecule has 0 aromatic rings. The lowest BCUT2D eigenvalue weighted by Gasteiger charge is -2.37. The highest BCUT2D eigenvalue weighted by Gasteiger charge is 2.25. The zero-order chi connectivity index (χ0) is 9.80. The average Bonchev–Trinajstić information content (AvgIpc) is 2.29. The fourth-order valence-electron chi connectivity index (χ4n) is 2.43. The van der Waals surface area contributed by atoms with Crippen LogP contribution < -0.4 is 5.32 Å². The molecular weight excluding hydrogens is 174 g/mol. The third-order valence-electron chi connectivity index (χ3n) is 3.44. The van der Waals surface area contributed by atoms with Crippen molar-refractivity contribution in [3.63, 3.8) is 0 Å². The standard InChI is InChI=1S/C11H23N3/c1-2-4-13-5-3-6-14(8-7-13)11-9-12-10-11/h11-12H,2-10H2,1H3. The van der Waals surface area contributed by atoms with Crippen molar-refractivity contribution in [1.82, 2.24) is 15.1 Å². The van der Waals surface area contributed by atoms with Crippen LogP contribution in [0.1, 0.15) is 19.8 Å². The molecule has 0 aromatic carbocycles. The highest BCUT2D eigenvalue weighted by atomic mass is 15.3. The molecular formula is C11H23N3. The second-order valence-electron chi connectivity index (χ2n) is 4.54. The van der Waals surface area contributed by atoms with Crippen LogP contribution in [0, 0.1) is 0 Å². The minimum absolute atomic E-state index is 0.844. The van der Waals surface area contributed by atoms with Crippen molar-refractivity contribution < 1.29 is 0 Å². The van der Waals surface area contributed by atoms with Gasteiger partial charge in [-0.05, 0) is 32.5 Å². The maximum atomic E-state index is 3.36. The van der Waals surface area contributed by atoms with Gasteiger partial charge in [0.1, 0.15) is 0 Å². The first kappa shape index (κ1) is 10.4.